The van der Waals surface area contributed by atoms with Crippen molar-refractivity contribution in [1.82, 2.24) is 30.4 Å². The summed E-state index contributed by atoms with van der Waals surface area (Å²) in [5.74, 6) is 1.69. The smallest absolute Gasteiger partial charge is 0.253 e. The van der Waals surface area contributed by atoms with Gasteiger partial charge in [-0.3, -0.25) is 23.9 Å². The van der Waals surface area contributed by atoms with Gasteiger partial charge in [0.15, 0.2) is 5.82 Å². The Bertz CT molecular complexity index is 2840. The van der Waals surface area contributed by atoms with Gasteiger partial charge in [-0.05, 0) is 138 Å². The minimum atomic E-state index is -0.554. The molecular formula is C51H57ClN8O5S. The third-order valence-corrected chi connectivity index (χ3v) is 14.1. The van der Waals surface area contributed by atoms with E-state index < -0.39 is 6.04 Å². The molecule has 1 atom stereocenters. The van der Waals surface area contributed by atoms with Crippen molar-refractivity contribution >= 4 is 46.2 Å². The lowest BCUT2D eigenvalue weighted by Crippen LogP contribution is -2.40. The van der Waals surface area contributed by atoms with Crippen molar-refractivity contribution in [3.8, 4) is 21.9 Å². The summed E-state index contributed by atoms with van der Waals surface area (Å²) in [6.07, 6.45) is 2.51. The number of benzene rings is 3. The number of fused-ring (bicyclic) bond motifs is 3. The number of rotatable bonds is 15. The fraction of sp³-hybridized carbons (Fsp3) is 0.373. The molecule has 344 valence electrons. The van der Waals surface area contributed by atoms with Gasteiger partial charge in [0.25, 0.3) is 11.5 Å². The Morgan fingerprint density at radius 3 is 2.36 bits per heavy atom. The molecule has 3 aromatic heterocycles. The number of carbonyl (C=O) groups is 2. The topological polar surface area (TPSA) is 156 Å². The van der Waals surface area contributed by atoms with Crippen LogP contribution in [0.4, 0.5) is 5.69 Å². The number of thiophene rings is 1. The predicted molar refractivity (Wildman–Crippen MR) is 262 cm³/mol. The first-order valence-electron chi connectivity index (χ1n) is 22.6. The molecule has 0 bridgehead atoms. The van der Waals surface area contributed by atoms with E-state index in [-0.39, 0.29) is 36.4 Å². The van der Waals surface area contributed by atoms with Crippen LogP contribution in [0.3, 0.4) is 0 Å². The molecule has 2 amide bonds. The summed E-state index contributed by atoms with van der Waals surface area (Å²) in [4.78, 5) is 51.9. The number of carbonyl (C=O) groups excluding carboxylic acids is 2. The molecule has 0 spiro atoms. The molecule has 15 heteroatoms. The predicted octanol–water partition coefficient (Wildman–Crippen LogP) is 8.99. The molecule has 2 aliphatic rings. The van der Waals surface area contributed by atoms with Crippen molar-refractivity contribution in [1.29, 1.82) is 0 Å². The maximum atomic E-state index is 14.0. The van der Waals surface area contributed by atoms with E-state index in [9.17, 15) is 14.4 Å². The number of pyridine rings is 1. The minimum absolute atomic E-state index is 0.103. The standard InChI is InChI=1S/C51H57ClN8O5S/c1-8-59(39-18-22-64-23-19-39)44-26-37(25-41(32(44)5)49(62)54-28-42-29(2)24-30(3)55-50(42)63)35-12-16-40(17-13-35)65-21-9-20-53-45(61)27-43-48-58-57-34(7)60(48)51-46(31(4)33(6)66-51)47(56-43)36-10-14-38(52)15-11-36/h10-17,24-26,39,43H,8-9,18-23,27-28H2,1-7H3,(H,53,61)(H,54,62)(H,55,63)/t43-/m0/s1. The van der Waals surface area contributed by atoms with Gasteiger partial charge in [-0.1, -0.05) is 35.9 Å². The molecule has 0 radical (unpaired) electrons. The van der Waals surface area contributed by atoms with E-state index in [1.807, 2.05) is 92.9 Å². The van der Waals surface area contributed by atoms with E-state index in [1.54, 1.807) is 11.3 Å². The molecular weight excluding hydrogens is 872 g/mol. The van der Waals surface area contributed by atoms with Gasteiger partial charge in [0.2, 0.25) is 5.91 Å². The van der Waals surface area contributed by atoms with E-state index >= 15 is 0 Å². The minimum Gasteiger partial charge on any atom is -0.494 e. The highest BCUT2D eigenvalue weighted by Crippen LogP contribution is 2.40. The fourth-order valence-corrected chi connectivity index (χ4v) is 10.3. The molecule has 3 N–H and O–H groups in total. The van der Waals surface area contributed by atoms with Crippen molar-refractivity contribution < 1.29 is 19.1 Å². The highest BCUT2D eigenvalue weighted by Gasteiger charge is 2.33. The van der Waals surface area contributed by atoms with Crippen LogP contribution in [0.15, 0.2) is 76.5 Å². The van der Waals surface area contributed by atoms with Crippen LogP contribution in [0.5, 0.6) is 5.75 Å². The number of aryl methyl sites for hydroxylation is 4. The summed E-state index contributed by atoms with van der Waals surface area (Å²) >= 11 is 7.95. The van der Waals surface area contributed by atoms with Crippen LogP contribution in [0, 0.1) is 41.5 Å². The molecule has 3 aromatic carbocycles. The second-order valence-electron chi connectivity index (χ2n) is 17.1. The van der Waals surface area contributed by atoms with E-state index in [0.29, 0.717) is 60.5 Å². The SMILES string of the molecule is CCN(c1cc(-c2ccc(OCCCNC(=O)C[C@@H]3N=C(c4ccc(Cl)cc4)c4c(sc(C)c4C)-n4c(C)nnc43)cc2)cc(C(=O)NCc2c(C)cc(C)[nH]c2=O)c1C)C1CCOCC1. The van der Waals surface area contributed by atoms with Gasteiger partial charge in [0.1, 0.15) is 22.6 Å². The zero-order chi connectivity index (χ0) is 46.6. The number of aromatic amines is 1. The van der Waals surface area contributed by atoms with Crippen LogP contribution < -0.4 is 25.8 Å². The number of aliphatic imine (C=N–C) groups is 1. The Kier molecular flexibility index (Phi) is 14.2. The second-order valence-corrected chi connectivity index (χ2v) is 18.7. The number of H-pyrrole nitrogens is 1. The fourth-order valence-electron chi connectivity index (χ4n) is 9.00. The number of hydrogen-bond acceptors (Lipinski definition) is 10. The summed E-state index contributed by atoms with van der Waals surface area (Å²) < 4.78 is 13.9. The lowest BCUT2D eigenvalue weighted by atomic mass is 9.95. The summed E-state index contributed by atoms with van der Waals surface area (Å²) in [6.45, 7) is 17.1. The van der Waals surface area contributed by atoms with Crippen LogP contribution in [0.1, 0.15) is 105 Å². The average Bonchev–Trinajstić information content (AvgIpc) is 3.78. The first-order valence-corrected chi connectivity index (χ1v) is 23.8. The van der Waals surface area contributed by atoms with Crippen molar-refractivity contribution in [2.75, 3.05) is 37.8 Å². The van der Waals surface area contributed by atoms with E-state index in [2.05, 4.69) is 57.6 Å². The Morgan fingerprint density at radius 2 is 1.65 bits per heavy atom. The number of halogens is 1. The molecule has 0 aliphatic carbocycles. The summed E-state index contributed by atoms with van der Waals surface area (Å²) in [5, 5.41) is 16.7. The lowest BCUT2D eigenvalue weighted by molar-refractivity contribution is -0.121. The maximum absolute atomic E-state index is 14.0. The summed E-state index contributed by atoms with van der Waals surface area (Å²) in [5.41, 5.74) is 10.1. The van der Waals surface area contributed by atoms with E-state index in [4.69, 9.17) is 26.1 Å². The molecule has 6 aromatic rings. The number of amides is 2. The quantitative estimate of drug-likeness (QED) is 0.0863. The normalized spacial score (nSPS) is 14.8. The van der Waals surface area contributed by atoms with E-state index in [0.717, 1.165) is 86.2 Å². The molecule has 5 heterocycles. The molecule has 1 fully saturated rings. The molecule has 13 nitrogen and oxygen atoms in total. The zero-order valence-corrected chi connectivity index (χ0v) is 40.2. The van der Waals surface area contributed by atoms with Crippen molar-refractivity contribution in [2.24, 2.45) is 4.99 Å². The van der Waals surface area contributed by atoms with Gasteiger partial charge in [0, 0.05) is 82.4 Å². The number of nitrogens with zero attached hydrogens (tertiary/aromatic N) is 5. The van der Waals surface area contributed by atoms with Crippen molar-refractivity contribution in [2.45, 2.75) is 92.8 Å². The van der Waals surface area contributed by atoms with Crippen LogP contribution >= 0.6 is 22.9 Å². The summed E-state index contributed by atoms with van der Waals surface area (Å²) in [7, 11) is 0. The average molecular weight is 930 g/mol. The Morgan fingerprint density at radius 1 is 0.924 bits per heavy atom. The first kappa shape index (κ1) is 46.4. The van der Waals surface area contributed by atoms with Crippen LogP contribution in [0.25, 0.3) is 16.1 Å². The highest BCUT2D eigenvalue weighted by atomic mass is 35.5. The molecule has 1 saturated heterocycles. The van der Waals surface area contributed by atoms with Gasteiger partial charge in [-0.25, -0.2) is 0 Å². The monoisotopic (exact) mass is 928 g/mol. The van der Waals surface area contributed by atoms with E-state index in [1.165, 1.54) is 4.88 Å². The largest absolute Gasteiger partial charge is 0.494 e. The molecule has 66 heavy (non-hydrogen) atoms. The third kappa shape index (κ3) is 9.86. The molecule has 0 unspecified atom stereocenters. The van der Waals surface area contributed by atoms with Gasteiger partial charge in [-0.2, -0.15) is 0 Å². The third-order valence-electron chi connectivity index (χ3n) is 12.7. The summed E-state index contributed by atoms with van der Waals surface area (Å²) in [6, 6.07) is 21.3. The molecule has 2 aliphatic heterocycles. The van der Waals surface area contributed by atoms with Gasteiger partial charge in [-0.15, -0.1) is 21.5 Å². The van der Waals surface area contributed by atoms with Crippen LogP contribution in [-0.4, -0.2) is 76.2 Å². The Labute approximate surface area is 394 Å². The number of nitrogens with one attached hydrogen (secondary N) is 3. The molecule has 0 saturated carbocycles. The van der Waals surface area contributed by atoms with Crippen molar-refractivity contribution in [3.05, 3.63) is 143 Å². The highest BCUT2D eigenvalue weighted by molar-refractivity contribution is 7.15. The van der Waals surface area contributed by atoms with Gasteiger partial charge in [0.05, 0.1) is 18.7 Å². The zero-order valence-electron chi connectivity index (χ0n) is 38.6. The number of anilines is 1. The number of hydrogen-bond donors (Lipinski definition) is 3. The lowest BCUT2D eigenvalue weighted by Gasteiger charge is -2.37. The van der Waals surface area contributed by atoms with Crippen molar-refractivity contribution in [3.63, 3.8) is 0 Å². The van der Waals surface area contributed by atoms with Crippen LogP contribution in [0.2, 0.25) is 5.02 Å². The van der Waals surface area contributed by atoms with Crippen LogP contribution in [-0.2, 0) is 16.1 Å². The number of aromatic nitrogens is 4. The maximum Gasteiger partial charge on any atom is 0.253 e. The Balaban J connectivity index is 0.931. The molecule has 8 rings (SSSR count). The second kappa shape index (κ2) is 20.2. The number of ether oxygens (including phenoxy) is 2. The first-order chi connectivity index (χ1) is 31.8. The Hall–Kier alpha value is -6.09. The van der Waals surface area contributed by atoms with Gasteiger partial charge < -0.3 is 30.0 Å². The van der Waals surface area contributed by atoms with Gasteiger partial charge >= 0.3 is 0 Å².